The van der Waals surface area contributed by atoms with Gasteiger partial charge in [-0.1, -0.05) is 42.5 Å². The summed E-state index contributed by atoms with van der Waals surface area (Å²) in [5.74, 6) is 0.912. The topological polar surface area (TPSA) is 60.6 Å². The Morgan fingerprint density at radius 2 is 1.72 bits per heavy atom. The number of fused-ring (bicyclic) bond motifs is 1. The summed E-state index contributed by atoms with van der Waals surface area (Å²) in [6, 6.07) is 17.2. The van der Waals surface area contributed by atoms with Crippen molar-refractivity contribution in [2.45, 2.75) is 26.9 Å². The molecule has 0 spiro atoms. The lowest BCUT2D eigenvalue weighted by Crippen LogP contribution is -2.19. The van der Waals surface area contributed by atoms with Crippen LogP contribution in [0.4, 0.5) is 0 Å². The maximum atomic E-state index is 4.79. The number of benzene rings is 2. The van der Waals surface area contributed by atoms with Gasteiger partial charge in [0.2, 0.25) is 0 Å². The third-order valence-electron chi connectivity index (χ3n) is 5.55. The molecule has 5 nitrogen and oxygen atoms in total. The number of aromatic amines is 2. The van der Waals surface area contributed by atoms with Crippen molar-refractivity contribution >= 4 is 6.08 Å². The van der Waals surface area contributed by atoms with E-state index < -0.39 is 0 Å². The van der Waals surface area contributed by atoms with Gasteiger partial charge in [-0.2, -0.15) is 5.10 Å². The van der Waals surface area contributed by atoms with Crippen LogP contribution in [0.1, 0.15) is 28.2 Å². The van der Waals surface area contributed by atoms with E-state index in [0.717, 1.165) is 41.6 Å². The smallest absolute Gasteiger partial charge is 0.138 e. The average molecular weight is 381 g/mol. The van der Waals surface area contributed by atoms with Crippen molar-refractivity contribution in [1.29, 1.82) is 0 Å². The van der Waals surface area contributed by atoms with Gasteiger partial charge in [0.15, 0.2) is 0 Å². The molecule has 0 saturated heterocycles. The first-order valence-corrected chi connectivity index (χ1v) is 9.83. The minimum absolute atomic E-state index is 0.801. The quantitative estimate of drug-likeness (QED) is 0.519. The molecule has 0 unspecified atom stereocenters. The van der Waals surface area contributed by atoms with E-state index in [9.17, 15) is 0 Å². The van der Waals surface area contributed by atoms with Gasteiger partial charge >= 0.3 is 0 Å². The summed E-state index contributed by atoms with van der Waals surface area (Å²) in [6.45, 7) is 5.91. The normalized spacial score (nSPS) is 13.0. The van der Waals surface area contributed by atoms with E-state index in [1.807, 2.05) is 6.07 Å². The highest BCUT2D eigenvalue weighted by molar-refractivity contribution is 5.69. The molecule has 144 valence electrons. The van der Waals surface area contributed by atoms with Crippen LogP contribution in [0, 0.1) is 13.8 Å². The van der Waals surface area contributed by atoms with Crippen LogP contribution in [-0.4, -0.2) is 25.1 Å². The molecule has 1 aliphatic rings. The van der Waals surface area contributed by atoms with E-state index in [4.69, 9.17) is 4.98 Å². The van der Waals surface area contributed by atoms with Gasteiger partial charge < -0.3 is 9.88 Å². The Kier molecular flexibility index (Phi) is 4.28. The Morgan fingerprint density at radius 1 is 0.931 bits per heavy atom. The average Bonchev–Trinajstić information content (AvgIpc) is 3.40. The Hall–Kier alpha value is -3.60. The summed E-state index contributed by atoms with van der Waals surface area (Å²) in [7, 11) is 0. The Balaban J connectivity index is 1.35. The number of aryl methyl sites for hydroxylation is 2. The number of imidazole rings is 1. The first-order chi connectivity index (χ1) is 14.2. The molecule has 0 atom stereocenters. The SMILES string of the molecule is Cc1ccc(-c2ccc(-c3nc4c([nH]3)CN(Cc3ccn[nH]3)C=C4)cc2)cc1C. The van der Waals surface area contributed by atoms with Crippen molar-refractivity contribution in [1.82, 2.24) is 25.1 Å². The minimum Gasteiger partial charge on any atom is -0.366 e. The van der Waals surface area contributed by atoms with Crippen molar-refractivity contribution in [2.24, 2.45) is 0 Å². The molecule has 29 heavy (non-hydrogen) atoms. The van der Waals surface area contributed by atoms with Gasteiger partial charge in [0.05, 0.1) is 30.2 Å². The molecule has 2 aromatic heterocycles. The van der Waals surface area contributed by atoms with Crippen molar-refractivity contribution in [2.75, 3.05) is 0 Å². The largest absolute Gasteiger partial charge is 0.366 e. The fourth-order valence-corrected chi connectivity index (χ4v) is 3.69. The number of rotatable bonds is 4. The van der Waals surface area contributed by atoms with E-state index in [2.05, 4.69) is 88.7 Å². The molecule has 5 heteroatoms. The maximum Gasteiger partial charge on any atom is 0.138 e. The molecule has 2 N–H and O–H groups in total. The summed E-state index contributed by atoms with van der Waals surface area (Å²) in [6.07, 6.45) is 5.94. The van der Waals surface area contributed by atoms with Crippen LogP contribution in [0.25, 0.3) is 28.6 Å². The van der Waals surface area contributed by atoms with Gasteiger partial charge in [-0.3, -0.25) is 5.10 Å². The lowest BCUT2D eigenvalue weighted by Gasteiger charge is -2.21. The summed E-state index contributed by atoms with van der Waals surface area (Å²) in [4.78, 5) is 10.5. The molecule has 0 amide bonds. The Bertz CT molecular complexity index is 1170. The minimum atomic E-state index is 0.801. The van der Waals surface area contributed by atoms with Gasteiger partial charge in [-0.15, -0.1) is 0 Å². The van der Waals surface area contributed by atoms with Gasteiger partial charge in [-0.05, 0) is 48.2 Å². The molecule has 4 aromatic rings. The van der Waals surface area contributed by atoms with Crippen LogP contribution in [0.3, 0.4) is 0 Å². The van der Waals surface area contributed by atoms with Crippen LogP contribution in [0.5, 0.6) is 0 Å². The first kappa shape index (κ1) is 17.5. The lowest BCUT2D eigenvalue weighted by atomic mass is 9.99. The van der Waals surface area contributed by atoms with Crippen molar-refractivity contribution in [3.63, 3.8) is 0 Å². The number of nitrogens with one attached hydrogen (secondary N) is 2. The molecule has 3 heterocycles. The second kappa shape index (κ2) is 7.09. The monoisotopic (exact) mass is 381 g/mol. The van der Waals surface area contributed by atoms with Crippen molar-refractivity contribution < 1.29 is 0 Å². The van der Waals surface area contributed by atoms with Crippen molar-refractivity contribution in [3.8, 4) is 22.5 Å². The number of aromatic nitrogens is 4. The molecule has 0 aliphatic carbocycles. The molecule has 5 rings (SSSR count). The highest BCUT2D eigenvalue weighted by Gasteiger charge is 2.16. The molecule has 0 saturated carbocycles. The molecule has 0 bridgehead atoms. The third kappa shape index (κ3) is 3.47. The van der Waals surface area contributed by atoms with E-state index in [1.54, 1.807) is 6.20 Å². The van der Waals surface area contributed by atoms with E-state index >= 15 is 0 Å². The van der Waals surface area contributed by atoms with E-state index in [0.29, 0.717) is 0 Å². The zero-order chi connectivity index (χ0) is 19.8. The molecule has 0 radical (unpaired) electrons. The Labute approximate surface area is 170 Å². The maximum absolute atomic E-state index is 4.79. The summed E-state index contributed by atoms with van der Waals surface area (Å²) in [5, 5.41) is 7.03. The zero-order valence-corrected chi connectivity index (χ0v) is 16.6. The standard InChI is InChI=1S/C24H23N5/c1-16-3-4-20(13-17(16)2)18-5-7-19(8-6-18)24-26-22-10-12-29(15-23(22)27-24)14-21-9-11-25-28-21/h3-13H,14-15H2,1-2H3,(H,25,28)(H,26,27). The number of H-pyrrole nitrogens is 2. The zero-order valence-electron chi connectivity index (χ0n) is 16.6. The summed E-state index contributed by atoms with van der Waals surface area (Å²) >= 11 is 0. The number of nitrogens with zero attached hydrogens (tertiary/aromatic N) is 3. The van der Waals surface area contributed by atoms with Crippen LogP contribution in [0.15, 0.2) is 60.9 Å². The number of hydrogen-bond donors (Lipinski definition) is 2. The van der Waals surface area contributed by atoms with Crippen LogP contribution >= 0.6 is 0 Å². The fraction of sp³-hybridized carbons (Fsp3) is 0.167. The predicted octanol–water partition coefficient (Wildman–Crippen LogP) is 5.07. The van der Waals surface area contributed by atoms with Crippen LogP contribution < -0.4 is 0 Å². The third-order valence-corrected chi connectivity index (χ3v) is 5.55. The molecular weight excluding hydrogens is 358 g/mol. The van der Waals surface area contributed by atoms with E-state index in [1.165, 1.54) is 22.3 Å². The van der Waals surface area contributed by atoms with Crippen LogP contribution in [-0.2, 0) is 13.1 Å². The van der Waals surface area contributed by atoms with Crippen molar-refractivity contribution in [3.05, 3.63) is 89.1 Å². The first-order valence-electron chi connectivity index (χ1n) is 9.83. The van der Waals surface area contributed by atoms with Crippen LogP contribution in [0.2, 0.25) is 0 Å². The van der Waals surface area contributed by atoms with E-state index in [-0.39, 0.29) is 0 Å². The summed E-state index contributed by atoms with van der Waals surface area (Å²) in [5.41, 5.74) is 9.45. The van der Waals surface area contributed by atoms with Gasteiger partial charge in [0.25, 0.3) is 0 Å². The highest BCUT2D eigenvalue weighted by Crippen LogP contribution is 2.27. The van der Waals surface area contributed by atoms with Gasteiger partial charge in [0.1, 0.15) is 5.82 Å². The fourth-order valence-electron chi connectivity index (χ4n) is 3.69. The molecule has 2 aromatic carbocycles. The number of hydrogen-bond acceptors (Lipinski definition) is 3. The highest BCUT2D eigenvalue weighted by atomic mass is 15.2. The van der Waals surface area contributed by atoms with Gasteiger partial charge in [-0.25, -0.2) is 4.98 Å². The second-order valence-electron chi connectivity index (χ2n) is 7.63. The Morgan fingerprint density at radius 3 is 2.48 bits per heavy atom. The second-order valence-corrected chi connectivity index (χ2v) is 7.63. The molecule has 0 fully saturated rings. The summed E-state index contributed by atoms with van der Waals surface area (Å²) < 4.78 is 0. The molecular formula is C24H23N5. The van der Waals surface area contributed by atoms with Gasteiger partial charge in [0, 0.05) is 18.0 Å². The lowest BCUT2D eigenvalue weighted by molar-refractivity contribution is 0.351. The molecule has 1 aliphatic heterocycles. The predicted molar refractivity (Wildman–Crippen MR) is 116 cm³/mol.